The molecule has 0 bridgehead atoms. The van der Waals surface area contributed by atoms with Gasteiger partial charge in [0.25, 0.3) is 5.91 Å². The summed E-state index contributed by atoms with van der Waals surface area (Å²) in [4.78, 5) is 29.8. The lowest BCUT2D eigenvalue weighted by Crippen LogP contribution is -2.44. The number of nitrogens with one attached hydrogen (secondary N) is 2. The zero-order valence-electron chi connectivity index (χ0n) is 19.0. The van der Waals surface area contributed by atoms with E-state index in [9.17, 15) is 9.59 Å². The topological polar surface area (TPSA) is 73.9 Å². The standard InChI is InChI=1S/C26H26Cl2N4O3/c27-20-3-7-22(8-4-20)29-25(33)19-1-11-24(12-2-19)32(14-13-31-15-17-35-18-16-31)26(34)30-23-9-5-21(28)6-10-23/h1-12H,13-18H2,(H,29,33)(H,30,34). The zero-order chi connectivity index (χ0) is 24.6. The van der Waals surface area contributed by atoms with Gasteiger partial charge in [0, 0.05) is 58.8 Å². The molecular weight excluding hydrogens is 487 g/mol. The Balaban J connectivity index is 1.47. The number of benzene rings is 3. The molecule has 3 amide bonds. The number of hydrogen-bond donors (Lipinski definition) is 2. The first-order valence-electron chi connectivity index (χ1n) is 11.3. The second-order valence-electron chi connectivity index (χ2n) is 8.05. The smallest absolute Gasteiger partial charge is 0.326 e. The van der Waals surface area contributed by atoms with E-state index < -0.39 is 0 Å². The minimum Gasteiger partial charge on any atom is -0.379 e. The largest absolute Gasteiger partial charge is 0.379 e. The number of urea groups is 1. The van der Waals surface area contributed by atoms with Gasteiger partial charge in [0.1, 0.15) is 0 Å². The van der Waals surface area contributed by atoms with Gasteiger partial charge >= 0.3 is 6.03 Å². The number of carbonyl (C=O) groups is 2. The monoisotopic (exact) mass is 512 g/mol. The Hall–Kier alpha value is -3.10. The van der Waals surface area contributed by atoms with Crippen molar-refractivity contribution in [2.45, 2.75) is 0 Å². The van der Waals surface area contributed by atoms with Crippen molar-refractivity contribution >= 4 is 52.2 Å². The fourth-order valence-electron chi connectivity index (χ4n) is 3.67. The summed E-state index contributed by atoms with van der Waals surface area (Å²) in [5.41, 5.74) is 2.47. The van der Waals surface area contributed by atoms with Gasteiger partial charge in [-0.1, -0.05) is 23.2 Å². The van der Waals surface area contributed by atoms with E-state index >= 15 is 0 Å². The summed E-state index contributed by atoms with van der Waals surface area (Å²) in [5.74, 6) is -0.246. The molecule has 0 radical (unpaired) electrons. The van der Waals surface area contributed by atoms with Crippen LogP contribution in [-0.2, 0) is 4.74 Å². The van der Waals surface area contributed by atoms with Crippen LogP contribution in [0, 0.1) is 0 Å². The lowest BCUT2D eigenvalue weighted by Gasteiger charge is -2.30. The van der Waals surface area contributed by atoms with E-state index in [0.29, 0.717) is 59.0 Å². The van der Waals surface area contributed by atoms with Gasteiger partial charge in [-0.25, -0.2) is 4.79 Å². The van der Waals surface area contributed by atoms with E-state index in [1.807, 2.05) is 0 Å². The molecule has 35 heavy (non-hydrogen) atoms. The first kappa shape index (κ1) is 25.0. The van der Waals surface area contributed by atoms with Crippen molar-refractivity contribution in [2.75, 3.05) is 54.9 Å². The van der Waals surface area contributed by atoms with E-state index in [-0.39, 0.29) is 11.9 Å². The van der Waals surface area contributed by atoms with E-state index in [1.165, 1.54) is 0 Å². The number of hydrogen-bond acceptors (Lipinski definition) is 4. The highest BCUT2D eigenvalue weighted by molar-refractivity contribution is 6.31. The molecule has 3 aromatic carbocycles. The SMILES string of the molecule is O=C(Nc1ccc(Cl)cc1)c1ccc(N(CCN2CCOCC2)C(=O)Nc2ccc(Cl)cc2)cc1. The summed E-state index contributed by atoms with van der Waals surface area (Å²) < 4.78 is 5.42. The summed E-state index contributed by atoms with van der Waals surface area (Å²) in [5, 5.41) is 6.96. The summed E-state index contributed by atoms with van der Waals surface area (Å²) in [6, 6.07) is 20.6. The Bertz CT molecular complexity index is 1130. The molecule has 0 aliphatic carbocycles. The molecule has 3 aromatic rings. The van der Waals surface area contributed by atoms with Crippen molar-refractivity contribution in [3.05, 3.63) is 88.4 Å². The molecule has 0 saturated carbocycles. The molecule has 9 heteroatoms. The van der Waals surface area contributed by atoms with Crippen LogP contribution in [0.15, 0.2) is 72.8 Å². The Morgan fingerprint density at radius 2 is 1.34 bits per heavy atom. The van der Waals surface area contributed by atoms with Crippen LogP contribution in [0.3, 0.4) is 0 Å². The predicted molar refractivity (Wildman–Crippen MR) is 141 cm³/mol. The third kappa shape index (κ3) is 7.19. The Labute approximate surface area is 214 Å². The Morgan fingerprint density at radius 3 is 1.91 bits per heavy atom. The summed E-state index contributed by atoms with van der Waals surface area (Å²) in [7, 11) is 0. The van der Waals surface area contributed by atoms with Gasteiger partial charge in [-0.05, 0) is 72.8 Å². The second-order valence-corrected chi connectivity index (χ2v) is 8.92. The van der Waals surface area contributed by atoms with Gasteiger partial charge in [0.2, 0.25) is 0 Å². The van der Waals surface area contributed by atoms with Crippen LogP contribution in [0.1, 0.15) is 10.4 Å². The fourth-order valence-corrected chi connectivity index (χ4v) is 3.92. The number of anilines is 3. The maximum absolute atomic E-state index is 13.2. The highest BCUT2D eigenvalue weighted by Crippen LogP contribution is 2.20. The summed E-state index contributed by atoms with van der Waals surface area (Å²) in [6.45, 7) is 4.22. The van der Waals surface area contributed by atoms with Crippen molar-refractivity contribution < 1.29 is 14.3 Å². The van der Waals surface area contributed by atoms with Gasteiger partial charge in [-0.3, -0.25) is 14.6 Å². The lowest BCUT2D eigenvalue weighted by molar-refractivity contribution is 0.0393. The number of nitrogens with zero attached hydrogens (tertiary/aromatic N) is 2. The Morgan fingerprint density at radius 1 is 0.800 bits per heavy atom. The molecule has 7 nitrogen and oxygen atoms in total. The normalized spacial score (nSPS) is 13.8. The number of morpholine rings is 1. The van der Waals surface area contributed by atoms with Crippen LogP contribution >= 0.6 is 23.2 Å². The first-order valence-corrected chi connectivity index (χ1v) is 12.0. The van der Waals surface area contributed by atoms with Crippen molar-refractivity contribution in [3.63, 3.8) is 0 Å². The molecule has 0 spiro atoms. The van der Waals surface area contributed by atoms with E-state index in [0.717, 1.165) is 13.1 Å². The number of rotatable bonds is 7. The van der Waals surface area contributed by atoms with E-state index in [2.05, 4.69) is 15.5 Å². The minimum absolute atomic E-state index is 0.246. The third-order valence-electron chi connectivity index (χ3n) is 5.63. The molecule has 2 N–H and O–H groups in total. The van der Waals surface area contributed by atoms with Crippen LogP contribution in [0.5, 0.6) is 0 Å². The van der Waals surface area contributed by atoms with E-state index in [4.69, 9.17) is 27.9 Å². The third-order valence-corrected chi connectivity index (χ3v) is 6.13. The number of halogens is 2. The van der Waals surface area contributed by atoms with Crippen LogP contribution in [-0.4, -0.2) is 56.2 Å². The maximum atomic E-state index is 13.2. The average molecular weight is 513 g/mol. The quantitative estimate of drug-likeness (QED) is 0.431. The molecule has 1 aliphatic heterocycles. The molecule has 1 fully saturated rings. The van der Waals surface area contributed by atoms with Gasteiger partial charge in [0.15, 0.2) is 0 Å². The average Bonchev–Trinajstić information content (AvgIpc) is 2.88. The predicted octanol–water partition coefficient (Wildman–Crippen LogP) is 5.62. The number of carbonyl (C=O) groups excluding carboxylic acids is 2. The lowest BCUT2D eigenvalue weighted by atomic mass is 10.1. The zero-order valence-corrected chi connectivity index (χ0v) is 20.6. The highest BCUT2D eigenvalue weighted by Gasteiger charge is 2.19. The molecule has 1 heterocycles. The second kappa shape index (κ2) is 12.0. The molecule has 0 atom stereocenters. The van der Waals surface area contributed by atoms with Gasteiger partial charge in [-0.15, -0.1) is 0 Å². The molecule has 0 aromatic heterocycles. The molecule has 1 saturated heterocycles. The van der Waals surface area contributed by atoms with Crippen LogP contribution in [0.2, 0.25) is 10.0 Å². The minimum atomic E-state index is -0.265. The van der Waals surface area contributed by atoms with E-state index in [1.54, 1.807) is 77.7 Å². The Kier molecular flexibility index (Phi) is 8.60. The van der Waals surface area contributed by atoms with Crippen LogP contribution in [0.4, 0.5) is 21.9 Å². The van der Waals surface area contributed by atoms with Gasteiger partial charge < -0.3 is 15.4 Å². The number of ether oxygens (including phenoxy) is 1. The van der Waals surface area contributed by atoms with Crippen LogP contribution < -0.4 is 15.5 Å². The summed E-state index contributed by atoms with van der Waals surface area (Å²) >= 11 is 11.9. The molecule has 1 aliphatic rings. The molecule has 182 valence electrons. The summed E-state index contributed by atoms with van der Waals surface area (Å²) in [6.07, 6.45) is 0. The molecular formula is C26H26Cl2N4O3. The maximum Gasteiger partial charge on any atom is 0.326 e. The van der Waals surface area contributed by atoms with Crippen molar-refractivity contribution in [1.82, 2.24) is 4.90 Å². The van der Waals surface area contributed by atoms with Crippen molar-refractivity contribution in [2.24, 2.45) is 0 Å². The molecule has 0 unspecified atom stereocenters. The number of amides is 3. The van der Waals surface area contributed by atoms with Crippen molar-refractivity contribution in [3.8, 4) is 0 Å². The van der Waals surface area contributed by atoms with Gasteiger partial charge in [0.05, 0.1) is 13.2 Å². The highest BCUT2D eigenvalue weighted by atomic mass is 35.5. The fraction of sp³-hybridized carbons (Fsp3) is 0.231. The van der Waals surface area contributed by atoms with Crippen molar-refractivity contribution in [1.29, 1.82) is 0 Å². The molecule has 4 rings (SSSR count). The van der Waals surface area contributed by atoms with Gasteiger partial charge in [-0.2, -0.15) is 0 Å². The first-order chi connectivity index (χ1) is 17.0. The van der Waals surface area contributed by atoms with Crippen LogP contribution in [0.25, 0.3) is 0 Å².